The number of hydrogen-bond acceptors (Lipinski definition) is 3. The van der Waals surface area contributed by atoms with E-state index in [9.17, 15) is 0 Å². The van der Waals surface area contributed by atoms with Crippen molar-refractivity contribution in [1.82, 2.24) is 5.32 Å². The van der Waals surface area contributed by atoms with E-state index < -0.39 is 0 Å². The van der Waals surface area contributed by atoms with Gasteiger partial charge >= 0.3 is 0 Å². The van der Waals surface area contributed by atoms with Crippen molar-refractivity contribution in [2.24, 2.45) is 5.92 Å². The van der Waals surface area contributed by atoms with Crippen molar-refractivity contribution >= 4 is 0 Å². The highest BCUT2D eigenvalue weighted by molar-refractivity contribution is 4.80. The largest absolute Gasteiger partial charge is 0.379 e. The molecule has 0 aliphatic heterocycles. The Balaban J connectivity index is 2.15. The molecule has 1 aliphatic carbocycles. The molecule has 0 aromatic heterocycles. The van der Waals surface area contributed by atoms with Crippen LogP contribution in [-0.2, 0) is 9.47 Å². The number of rotatable bonds is 10. The SMILES string of the molecule is CCCNC(COCCOCC)C1CCCC1. The minimum absolute atomic E-state index is 0.555. The van der Waals surface area contributed by atoms with E-state index in [0.29, 0.717) is 6.04 Å². The van der Waals surface area contributed by atoms with Gasteiger partial charge < -0.3 is 14.8 Å². The van der Waals surface area contributed by atoms with Gasteiger partial charge in [-0.15, -0.1) is 0 Å². The van der Waals surface area contributed by atoms with Crippen molar-refractivity contribution in [2.45, 2.75) is 52.0 Å². The van der Waals surface area contributed by atoms with Crippen LogP contribution in [0.1, 0.15) is 46.0 Å². The molecule has 1 unspecified atom stereocenters. The monoisotopic (exact) mass is 243 g/mol. The Kier molecular flexibility index (Phi) is 8.67. The summed E-state index contributed by atoms with van der Waals surface area (Å²) in [4.78, 5) is 0. The Bertz CT molecular complexity index is 170. The lowest BCUT2D eigenvalue weighted by molar-refractivity contribution is 0.0362. The molecule has 0 radical (unpaired) electrons. The Morgan fingerprint density at radius 1 is 1.12 bits per heavy atom. The average Bonchev–Trinajstić information content (AvgIpc) is 2.86. The zero-order chi connectivity index (χ0) is 12.3. The summed E-state index contributed by atoms with van der Waals surface area (Å²) < 4.78 is 11.0. The summed E-state index contributed by atoms with van der Waals surface area (Å²) in [7, 11) is 0. The molecule has 1 rings (SSSR count). The Morgan fingerprint density at radius 2 is 1.82 bits per heavy atom. The summed E-state index contributed by atoms with van der Waals surface area (Å²) in [5.41, 5.74) is 0. The van der Waals surface area contributed by atoms with Crippen LogP contribution in [-0.4, -0.2) is 39.0 Å². The fourth-order valence-corrected chi connectivity index (χ4v) is 2.52. The minimum atomic E-state index is 0.555. The fraction of sp³-hybridized carbons (Fsp3) is 1.00. The van der Waals surface area contributed by atoms with Crippen LogP contribution in [0.25, 0.3) is 0 Å². The predicted molar refractivity (Wildman–Crippen MR) is 71.4 cm³/mol. The summed E-state index contributed by atoms with van der Waals surface area (Å²) in [5.74, 6) is 0.827. The van der Waals surface area contributed by atoms with Gasteiger partial charge in [-0.3, -0.25) is 0 Å². The van der Waals surface area contributed by atoms with Crippen LogP contribution >= 0.6 is 0 Å². The molecule has 3 nitrogen and oxygen atoms in total. The van der Waals surface area contributed by atoms with Crippen molar-refractivity contribution in [3.63, 3.8) is 0 Å². The molecule has 0 aromatic rings. The molecule has 17 heavy (non-hydrogen) atoms. The van der Waals surface area contributed by atoms with Crippen LogP contribution in [0.5, 0.6) is 0 Å². The second-order valence-corrected chi connectivity index (χ2v) is 4.88. The van der Waals surface area contributed by atoms with Crippen LogP contribution in [0.4, 0.5) is 0 Å². The van der Waals surface area contributed by atoms with E-state index in [-0.39, 0.29) is 0 Å². The number of ether oxygens (including phenoxy) is 2. The standard InChI is InChI=1S/C14H29NO2/c1-3-9-15-14(13-7-5-6-8-13)12-17-11-10-16-4-2/h13-15H,3-12H2,1-2H3. The normalized spacial score (nSPS) is 18.7. The van der Waals surface area contributed by atoms with Gasteiger partial charge in [0.05, 0.1) is 19.8 Å². The van der Waals surface area contributed by atoms with E-state index in [1.165, 1.54) is 32.1 Å². The van der Waals surface area contributed by atoms with Gasteiger partial charge in [0, 0.05) is 12.6 Å². The number of hydrogen-bond donors (Lipinski definition) is 1. The quantitative estimate of drug-likeness (QED) is 0.598. The summed E-state index contributed by atoms with van der Waals surface area (Å²) >= 11 is 0. The van der Waals surface area contributed by atoms with Gasteiger partial charge in [-0.1, -0.05) is 19.8 Å². The maximum atomic E-state index is 5.72. The van der Waals surface area contributed by atoms with Crippen molar-refractivity contribution < 1.29 is 9.47 Å². The first-order valence-corrected chi connectivity index (χ1v) is 7.27. The lowest BCUT2D eigenvalue weighted by atomic mass is 9.99. The fourth-order valence-electron chi connectivity index (χ4n) is 2.52. The zero-order valence-corrected chi connectivity index (χ0v) is 11.5. The second kappa shape index (κ2) is 9.86. The van der Waals surface area contributed by atoms with Gasteiger partial charge in [-0.05, 0) is 38.6 Å². The summed E-state index contributed by atoms with van der Waals surface area (Å²) in [6.07, 6.45) is 6.73. The lowest BCUT2D eigenvalue weighted by Crippen LogP contribution is -2.39. The molecule has 0 heterocycles. The molecule has 0 spiro atoms. The Morgan fingerprint density at radius 3 is 2.47 bits per heavy atom. The lowest BCUT2D eigenvalue weighted by Gasteiger charge is -2.24. The van der Waals surface area contributed by atoms with E-state index in [1.807, 2.05) is 6.92 Å². The average molecular weight is 243 g/mol. The van der Waals surface area contributed by atoms with Crippen molar-refractivity contribution in [2.75, 3.05) is 33.0 Å². The van der Waals surface area contributed by atoms with Crippen LogP contribution in [0.15, 0.2) is 0 Å². The van der Waals surface area contributed by atoms with E-state index >= 15 is 0 Å². The molecule has 1 saturated carbocycles. The van der Waals surface area contributed by atoms with Crippen LogP contribution in [0, 0.1) is 5.92 Å². The highest BCUT2D eigenvalue weighted by Crippen LogP contribution is 2.27. The second-order valence-electron chi connectivity index (χ2n) is 4.88. The molecule has 0 amide bonds. The van der Waals surface area contributed by atoms with Crippen LogP contribution in [0.2, 0.25) is 0 Å². The van der Waals surface area contributed by atoms with Gasteiger partial charge in [0.15, 0.2) is 0 Å². The molecule has 1 fully saturated rings. The van der Waals surface area contributed by atoms with Crippen molar-refractivity contribution in [1.29, 1.82) is 0 Å². The first kappa shape index (κ1) is 14.9. The molecular formula is C14H29NO2. The first-order chi connectivity index (χ1) is 8.38. The van der Waals surface area contributed by atoms with Gasteiger partial charge in [0.1, 0.15) is 0 Å². The zero-order valence-electron chi connectivity index (χ0n) is 11.5. The van der Waals surface area contributed by atoms with Crippen molar-refractivity contribution in [3.8, 4) is 0 Å². The topological polar surface area (TPSA) is 30.5 Å². The number of nitrogens with one attached hydrogen (secondary N) is 1. The summed E-state index contributed by atoms with van der Waals surface area (Å²) in [6, 6.07) is 0.555. The smallest absolute Gasteiger partial charge is 0.0701 e. The highest BCUT2D eigenvalue weighted by atomic mass is 16.5. The third-order valence-corrected chi connectivity index (χ3v) is 3.50. The summed E-state index contributed by atoms with van der Waals surface area (Å²) in [5, 5.41) is 3.64. The highest BCUT2D eigenvalue weighted by Gasteiger charge is 2.24. The van der Waals surface area contributed by atoms with Gasteiger partial charge in [0.2, 0.25) is 0 Å². The van der Waals surface area contributed by atoms with Gasteiger partial charge in [-0.2, -0.15) is 0 Å². The molecule has 1 atom stereocenters. The van der Waals surface area contributed by atoms with Crippen molar-refractivity contribution in [3.05, 3.63) is 0 Å². The third kappa shape index (κ3) is 6.39. The first-order valence-electron chi connectivity index (χ1n) is 7.27. The predicted octanol–water partition coefficient (Wildman–Crippen LogP) is 2.60. The van der Waals surface area contributed by atoms with Gasteiger partial charge in [-0.25, -0.2) is 0 Å². The molecule has 1 N–H and O–H groups in total. The maximum absolute atomic E-state index is 5.72. The van der Waals surface area contributed by atoms with E-state index in [1.54, 1.807) is 0 Å². The molecular weight excluding hydrogens is 214 g/mol. The molecule has 0 aromatic carbocycles. The molecule has 102 valence electrons. The van der Waals surface area contributed by atoms with Gasteiger partial charge in [0.25, 0.3) is 0 Å². The van der Waals surface area contributed by atoms with E-state index in [2.05, 4.69) is 12.2 Å². The van der Waals surface area contributed by atoms with E-state index in [4.69, 9.17) is 9.47 Å². The third-order valence-electron chi connectivity index (χ3n) is 3.50. The summed E-state index contributed by atoms with van der Waals surface area (Å²) in [6.45, 7) is 8.42. The Labute approximate surface area is 106 Å². The maximum Gasteiger partial charge on any atom is 0.0701 e. The Hall–Kier alpha value is -0.120. The molecule has 0 bridgehead atoms. The van der Waals surface area contributed by atoms with Crippen LogP contribution < -0.4 is 5.32 Å². The van der Waals surface area contributed by atoms with Crippen LogP contribution in [0.3, 0.4) is 0 Å². The molecule has 0 saturated heterocycles. The van der Waals surface area contributed by atoms with E-state index in [0.717, 1.165) is 38.9 Å². The minimum Gasteiger partial charge on any atom is -0.379 e. The molecule has 1 aliphatic rings. The molecule has 3 heteroatoms.